The molecule has 0 spiro atoms. The molecule has 2 rings (SSSR count). The lowest BCUT2D eigenvalue weighted by atomic mass is 9.95. The van der Waals surface area contributed by atoms with Crippen LogP contribution < -0.4 is 10.6 Å². The topological polar surface area (TPSA) is 80.1 Å². The highest BCUT2D eigenvalue weighted by atomic mass is 32.2. The summed E-state index contributed by atoms with van der Waals surface area (Å²) in [4.78, 5) is 15.1. The minimum atomic E-state index is -0.374. The van der Waals surface area contributed by atoms with Gasteiger partial charge in [0.25, 0.3) is 5.69 Å². The van der Waals surface area contributed by atoms with E-state index < -0.39 is 0 Å². The van der Waals surface area contributed by atoms with Crippen molar-refractivity contribution >= 4 is 29.1 Å². The molecule has 1 aromatic heterocycles. The van der Waals surface area contributed by atoms with E-state index in [0.29, 0.717) is 29.5 Å². The van der Waals surface area contributed by atoms with E-state index >= 15 is 0 Å². The van der Waals surface area contributed by atoms with Gasteiger partial charge in [0.05, 0.1) is 17.1 Å². The number of nitrogens with one attached hydrogen (secondary N) is 2. The fourth-order valence-electron chi connectivity index (χ4n) is 2.70. The third-order valence-corrected chi connectivity index (χ3v) is 4.89. The molecular formula is C14H22N4O2S. The van der Waals surface area contributed by atoms with Crippen LogP contribution in [-0.4, -0.2) is 34.0 Å². The minimum Gasteiger partial charge on any atom is -0.370 e. The van der Waals surface area contributed by atoms with E-state index in [2.05, 4.69) is 21.9 Å². The predicted molar refractivity (Wildman–Crippen MR) is 88.2 cm³/mol. The molecule has 0 aromatic carbocycles. The highest BCUT2D eigenvalue weighted by Gasteiger charge is 2.25. The summed E-state index contributed by atoms with van der Waals surface area (Å²) < 4.78 is 0. The van der Waals surface area contributed by atoms with Gasteiger partial charge in [0, 0.05) is 17.8 Å². The van der Waals surface area contributed by atoms with Crippen LogP contribution in [0.1, 0.15) is 32.6 Å². The monoisotopic (exact) mass is 310 g/mol. The Morgan fingerprint density at radius 2 is 2.10 bits per heavy atom. The van der Waals surface area contributed by atoms with Crippen molar-refractivity contribution < 1.29 is 4.92 Å². The zero-order chi connectivity index (χ0) is 15.2. The number of pyridine rings is 1. The SMILES string of the molecule is CCNc1cc([N+](=O)[O-])cc(NC2CCCCC2SC)n1. The lowest BCUT2D eigenvalue weighted by molar-refractivity contribution is -0.384. The molecule has 0 aliphatic heterocycles. The van der Waals surface area contributed by atoms with E-state index in [1.54, 1.807) is 0 Å². The van der Waals surface area contributed by atoms with Gasteiger partial charge < -0.3 is 10.6 Å². The number of hydrogen-bond acceptors (Lipinski definition) is 6. The van der Waals surface area contributed by atoms with Crippen molar-refractivity contribution in [3.63, 3.8) is 0 Å². The van der Waals surface area contributed by atoms with Crippen molar-refractivity contribution in [3.05, 3.63) is 22.2 Å². The molecule has 1 aliphatic rings. The summed E-state index contributed by atoms with van der Waals surface area (Å²) in [7, 11) is 0. The first-order chi connectivity index (χ1) is 10.1. The molecule has 0 bridgehead atoms. The van der Waals surface area contributed by atoms with Crippen LogP contribution >= 0.6 is 11.8 Å². The number of nitro groups is 1. The molecule has 7 heteroatoms. The molecule has 1 aromatic rings. The van der Waals surface area contributed by atoms with Gasteiger partial charge in [-0.25, -0.2) is 4.98 Å². The Balaban J connectivity index is 2.19. The molecule has 1 fully saturated rings. The number of aromatic nitrogens is 1. The van der Waals surface area contributed by atoms with E-state index in [0.717, 1.165) is 6.42 Å². The standard InChI is InChI=1S/C14H22N4O2S/c1-3-15-13-8-10(18(19)20)9-14(17-13)16-11-6-4-5-7-12(11)21-2/h8-9,11-12H,3-7H2,1-2H3,(H2,15,16,17). The third kappa shape index (κ3) is 4.23. The molecule has 0 saturated heterocycles. The Bertz CT molecular complexity index is 498. The number of nitrogens with zero attached hydrogens (tertiary/aromatic N) is 2. The largest absolute Gasteiger partial charge is 0.370 e. The molecular weight excluding hydrogens is 288 g/mol. The van der Waals surface area contributed by atoms with Crippen LogP contribution in [0.2, 0.25) is 0 Å². The number of rotatable bonds is 6. The molecule has 2 atom stereocenters. The van der Waals surface area contributed by atoms with Crippen molar-refractivity contribution in [1.29, 1.82) is 0 Å². The highest BCUT2D eigenvalue weighted by Crippen LogP contribution is 2.30. The van der Waals surface area contributed by atoms with Gasteiger partial charge in [0.1, 0.15) is 11.6 Å². The summed E-state index contributed by atoms with van der Waals surface area (Å²) in [5, 5.41) is 18.0. The fourth-order valence-corrected chi connectivity index (χ4v) is 3.64. The maximum atomic E-state index is 11.0. The molecule has 0 amide bonds. The van der Waals surface area contributed by atoms with Crippen molar-refractivity contribution in [2.75, 3.05) is 23.4 Å². The van der Waals surface area contributed by atoms with Crippen LogP contribution in [0.5, 0.6) is 0 Å². The summed E-state index contributed by atoms with van der Waals surface area (Å²) in [5.41, 5.74) is 0.0694. The molecule has 116 valence electrons. The highest BCUT2D eigenvalue weighted by molar-refractivity contribution is 7.99. The lowest BCUT2D eigenvalue weighted by Gasteiger charge is -2.31. The second-order valence-electron chi connectivity index (χ2n) is 5.19. The Labute approximate surface area is 129 Å². The maximum absolute atomic E-state index is 11.0. The van der Waals surface area contributed by atoms with Gasteiger partial charge in [-0.05, 0) is 26.0 Å². The third-order valence-electron chi connectivity index (χ3n) is 3.72. The van der Waals surface area contributed by atoms with Gasteiger partial charge in [-0.1, -0.05) is 12.8 Å². The Hall–Kier alpha value is -1.50. The fraction of sp³-hybridized carbons (Fsp3) is 0.643. The lowest BCUT2D eigenvalue weighted by Crippen LogP contribution is -2.34. The van der Waals surface area contributed by atoms with Crippen molar-refractivity contribution in [3.8, 4) is 0 Å². The van der Waals surface area contributed by atoms with Crippen molar-refractivity contribution in [1.82, 2.24) is 4.98 Å². The Morgan fingerprint density at radius 3 is 2.76 bits per heavy atom. The first-order valence-corrected chi connectivity index (χ1v) is 8.62. The average molecular weight is 310 g/mol. The van der Waals surface area contributed by atoms with Crippen molar-refractivity contribution in [2.45, 2.75) is 43.9 Å². The second kappa shape index (κ2) is 7.49. The maximum Gasteiger partial charge on any atom is 0.276 e. The van der Waals surface area contributed by atoms with E-state index in [4.69, 9.17) is 0 Å². The summed E-state index contributed by atoms with van der Waals surface area (Å²) in [6, 6.07) is 3.33. The van der Waals surface area contributed by atoms with E-state index in [1.807, 2.05) is 18.7 Å². The minimum absolute atomic E-state index is 0.0694. The Kier molecular flexibility index (Phi) is 5.67. The van der Waals surface area contributed by atoms with Crippen LogP contribution in [0.4, 0.5) is 17.3 Å². The average Bonchev–Trinajstić information content (AvgIpc) is 2.48. The molecule has 1 aliphatic carbocycles. The van der Waals surface area contributed by atoms with E-state index in [1.165, 1.54) is 31.4 Å². The van der Waals surface area contributed by atoms with Crippen LogP contribution in [0, 0.1) is 10.1 Å². The zero-order valence-corrected chi connectivity index (χ0v) is 13.3. The van der Waals surface area contributed by atoms with Gasteiger partial charge >= 0.3 is 0 Å². The van der Waals surface area contributed by atoms with Gasteiger partial charge in [-0.3, -0.25) is 10.1 Å². The summed E-state index contributed by atoms with van der Waals surface area (Å²) in [5.74, 6) is 1.14. The van der Waals surface area contributed by atoms with Gasteiger partial charge in [-0.15, -0.1) is 0 Å². The molecule has 1 saturated carbocycles. The number of anilines is 2. The molecule has 2 N–H and O–H groups in total. The first-order valence-electron chi connectivity index (χ1n) is 7.33. The van der Waals surface area contributed by atoms with Crippen LogP contribution in [0.3, 0.4) is 0 Å². The van der Waals surface area contributed by atoms with Gasteiger partial charge in [0.15, 0.2) is 0 Å². The van der Waals surface area contributed by atoms with Crippen LogP contribution in [0.25, 0.3) is 0 Å². The number of thioether (sulfide) groups is 1. The van der Waals surface area contributed by atoms with Gasteiger partial charge in [0.2, 0.25) is 0 Å². The normalized spacial score (nSPS) is 21.8. The predicted octanol–water partition coefficient (Wildman–Crippen LogP) is 3.51. The quantitative estimate of drug-likeness (QED) is 0.618. The second-order valence-corrected chi connectivity index (χ2v) is 6.27. The smallest absolute Gasteiger partial charge is 0.276 e. The van der Waals surface area contributed by atoms with E-state index in [-0.39, 0.29) is 10.6 Å². The molecule has 0 radical (unpaired) electrons. The zero-order valence-electron chi connectivity index (χ0n) is 12.5. The molecule has 2 unspecified atom stereocenters. The summed E-state index contributed by atoms with van der Waals surface area (Å²) in [6.45, 7) is 2.63. The molecule has 21 heavy (non-hydrogen) atoms. The van der Waals surface area contributed by atoms with Crippen LogP contribution in [0.15, 0.2) is 12.1 Å². The first kappa shape index (κ1) is 15.9. The van der Waals surface area contributed by atoms with Gasteiger partial charge in [-0.2, -0.15) is 11.8 Å². The van der Waals surface area contributed by atoms with Crippen LogP contribution in [-0.2, 0) is 0 Å². The van der Waals surface area contributed by atoms with Crippen molar-refractivity contribution in [2.24, 2.45) is 0 Å². The summed E-state index contributed by atoms with van der Waals surface area (Å²) >= 11 is 1.86. The number of hydrogen-bond donors (Lipinski definition) is 2. The summed E-state index contributed by atoms with van der Waals surface area (Å²) in [6.07, 6.45) is 6.86. The molecule has 6 nitrogen and oxygen atoms in total. The molecule has 1 heterocycles. The van der Waals surface area contributed by atoms with E-state index in [9.17, 15) is 10.1 Å². The Morgan fingerprint density at radius 1 is 1.38 bits per heavy atom.